The first-order valence-corrected chi connectivity index (χ1v) is 6.70. The molecule has 0 heterocycles. The third-order valence-electron chi connectivity index (χ3n) is 2.97. The van der Waals surface area contributed by atoms with E-state index in [2.05, 4.69) is 5.32 Å². The fourth-order valence-corrected chi connectivity index (χ4v) is 2.16. The predicted octanol–water partition coefficient (Wildman–Crippen LogP) is 2.75. The molecule has 0 saturated carbocycles. The van der Waals surface area contributed by atoms with Gasteiger partial charge in [0.2, 0.25) is 0 Å². The molecule has 4 heteroatoms. The lowest BCUT2D eigenvalue weighted by molar-refractivity contribution is 0.0947. The maximum Gasteiger partial charge on any atom is 0.252 e. The molecule has 0 fully saturated rings. The van der Waals surface area contributed by atoms with Crippen LogP contribution in [0.15, 0.2) is 54.6 Å². The number of nitrogens with one attached hydrogen (secondary N) is 1. The molecular weight excluding hydrogens is 268 g/mol. The smallest absolute Gasteiger partial charge is 0.252 e. The number of rotatable bonds is 4. The van der Waals surface area contributed by atoms with Crippen molar-refractivity contribution < 1.29 is 4.79 Å². The summed E-state index contributed by atoms with van der Waals surface area (Å²) in [5.41, 5.74) is 8.25. The summed E-state index contributed by atoms with van der Waals surface area (Å²) < 4.78 is 0. The maximum absolute atomic E-state index is 12.3. The van der Waals surface area contributed by atoms with Crippen LogP contribution in [-0.2, 0) is 0 Å². The number of thiocarbonyl (C=S) groups is 1. The lowest BCUT2D eigenvalue weighted by Gasteiger charge is -2.18. The highest BCUT2D eigenvalue weighted by Crippen LogP contribution is 2.14. The second-order valence-electron chi connectivity index (χ2n) is 4.59. The van der Waals surface area contributed by atoms with Crippen LogP contribution in [0.4, 0.5) is 0 Å². The van der Waals surface area contributed by atoms with Crippen LogP contribution in [0.3, 0.4) is 0 Å². The van der Waals surface area contributed by atoms with Crippen molar-refractivity contribution in [3.05, 3.63) is 71.3 Å². The monoisotopic (exact) mass is 284 g/mol. The van der Waals surface area contributed by atoms with Crippen molar-refractivity contribution in [1.29, 1.82) is 0 Å². The van der Waals surface area contributed by atoms with Gasteiger partial charge >= 0.3 is 0 Å². The zero-order valence-corrected chi connectivity index (χ0v) is 12.0. The van der Waals surface area contributed by atoms with Gasteiger partial charge in [-0.3, -0.25) is 4.79 Å². The molecule has 1 amide bonds. The van der Waals surface area contributed by atoms with Gasteiger partial charge in [-0.2, -0.15) is 0 Å². The number of carbonyl (C=O) groups is 1. The van der Waals surface area contributed by atoms with Crippen molar-refractivity contribution in [2.75, 3.05) is 0 Å². The molecule has 0 aliphatic carbocycles. The first-order chi connectivity index (χ1) is 9.58. The van der Waals surface area contributed by atoms with Gasteiger partial charge in [0.25, 0.3) is 5.91 Å². The fraction of sp³-hybridized carbons (Fsp3) is 0.125. The summed E-state index contributed by atoms with van der Waals surface area (Å²) >= 11 is 5.06. The Balaban J connectivity index is 2.21. The van der Waals surface area contributed by atoms with Crippen LogP contribution in [0, 0.1) is 6.92 Å². The number of hydrogen-bond acceptors (Lipinski definition) is 2. The van der Waals surface area contributed by atoms with E-state index in [1.54, 1.807) is 6.07 Å². The van der Waals surface area contributed by atoms with E-state index in [0.29, 0.717) is 5.56 Å². The Morgan fingerprint density at radius 2 is 1.85 bits per heavy atom. The zero-order valence-electron chi connectivity index (χ0n) is 11.2. The first-order valence-electron chi connectivity index (χ1n) is 6.29. The third-order valence-corrected chi connectivity index (χ3v) is 3.21. The van der Waals surface area contributed by atoms with E-state index in [4.69, 9.17) is 18.0 Å². The minimum absolute atomic E-state index is 0.185. The number of carbonyl (C=O) groups excluding carboxylic acids is 1. The zero-order chi connectivity index (χ0) is 14.5. The van der Waals surface area contributed by atoms with Gasteiger partial charge in [0.1, 0.15) is 11.0 Å². The van der Waals surface area contributed by atoms with E-state index < -0.39 is 6.04 Å². The molecule has 0 saturated heterocycles. The van der Waals surface area contributed by atoms with Gasteiger partial charge in [-0.15, -0.1) is 0 Å². The van der Waals surface area contributed by atoms with Gasteiger partial charge < -0.3 is 11.1 Å². The SMILES string of the molecule is Cc1cccc(C(=O)NC(C(N)=S)c2ccccc2)c1. The Labute approximate surface area is 123 Å². The maximum atomic E-state index is 12.3. The molecule has 0 aliphatic rings. The minimum atomic E-state index is -0.459. The van der Waals surface area contributed by atoms with Gasteiger partial charge in [-0.25, -0.2) is 0 Å². The first kappa shape index (κ1) is 14.2. The van der Waals surface area contributed by atoms with Gasteiger partial charge in [-0.05, 0) is 24.6 Å². The molecule has 0 radical (unpaired) electrons. The molecule has 3 nitrogen and oxygen atoms in total. The highest BCUT2D eigenvalue weighted by atomic mass is 32.1. The van der Waals surface area contributed by atoms with Crippen LogP contribution in [0.2, 0.25) is 0 Å². The molecule has 102 valence electrons. The van der Waals surface area contributed by atoms with Gasteiger partial charge in [0.05, 0.1) is 0 Å². The molecule has 0 aromatic heterocycles. The predicted molar refractivity (Wildman–Crippen MR) is 84.6 cm³/mol. The van der Waals surface area contributed by atoms with E-state index in [1.165, 1.54) is 0 Å². The van der Waals surface area contributed by atoms with E-state index in [0.717, 1.165) is 11.1 Å². The molecule has 0 aliphatic heterocycles. The molecule has 20 heavy (non-hydrogen) atoms. The number of aryl methyl sites for hydroxylation is 1. The Morgan fingerprint density at radius 3 is 2.45 bits per heavy atom. The van der Waals surface area contributed by atoms with Crippen LogP contribution >= 0.6 is 12.2 Å². The van der Waals surface area contributed by atoms with Gasteiger partial charge in [0, 0.05) is 5.56 Å². The largest absolute Gasteiger partial charge is 0.391 e. The van der Waals surface area contributed by atoms with Crippen molar-refractivity contribution in [3.63, 3.8) is 0 Å². The molecule has 3 N–H and O–H groups in total. The van der Waals surface area contributed by atoms with Crippen LogP contribution in [0.1, 0.15) is 27.5 Å². The average Bonchev–Trinajstić information content (AvgIpc) is 2.45. The van der Waals surface area contributed by atoms with Crippen LogP contribution in [0.25, 0.3) is 0 Å². The molecule has 1 unspecified atom stereocenters. The molecule has 1 atom stereocenters. The third kappa shape index (κ3) is 3.42. The molecule has 2 aromatic carbocycles. The Bertz CT molecular complexity index is 625. The van der Waals surface area contributed by atoms with Gasteiger partial charge in [0.15, 0.2) is 0 Å². The van der Waals surface area contributed by atoms with E-state index in [9.17, 15) is 4.79 Å². The Hall–Kier alpha value is -2.20. The van der Waals surface area contributed by atoms with E-state index >= 15 is 0 Å². The van der Waals surface area contributed by atoms with Crippen LogP contribution in [0.5, 0.6) is 0 Å². The summed E-state index contributed by atoms with van der Waals surface area (Å²) in [7, 11) is 0. The summed E-state index contributed by atoms with van der Waals surface area (Å²) in [6.07, 6.45) is 0. The summed E-state index contributed by atoms with van der Waals surface area (Å²) in [6, 6.07) is 16.4. The van der Waals surface area contributed by atoms with Crippen molar-refractivity contribution in [2.24, 2.45) is 5.73 Å². The number of nitrogens with two attached hydrogens (primary N) is 1. The summed E-state index contributed by atoms with van der Waals surface area (Å²) in [6.45, 7) is 1.94. The van der Waals surface area contributed by atoms with Crippen molar-refractivity contribution in [2.45, 2.75) is 13.0 Å². The number of amides is 1. The topological polar surface area (TPSA) is 55.1 Å². The highest BCUT2D eigenvalue weighted by Gasteiger charge is 2.17. The van der Waals surface area contributed by atoms with E-state index in [1.807, 2.05) is 55.5 Å². The molecule has 2 aromatic rings. The Morgan fingerprint density at radius 1 is 1.15 bits per heavy atom. The fourth-order valence-electron chi connectivity index (χ4n) is 1.96. The lowest BCUT2D eigenvalue weighted by Crippen LogP contribution is -2.36. The second kappa shape index (κ2) is 6.30. The summed E-state index contributed by atoms with van der Waals surface area (Å²) in [5.74, 6) is -0.185. The van der Waals surface area contributed by atoms with Crippen LogP contribution in [-0.4, -0.2) is 10.9 Å². The number of benzene rings is 2. The standard InChI is InChI=1S/C16H16N2OS/c1-11-6-5-9-13(10-11)16(19)18-14(15(17)20)12-7-3-2-4-8-12/h2-10,14H,1H3,(H2,17,20)(H,18,19). The highest BCUT2D eigenvalue weighted by molar-refractivity contribution is 7.80. The molecule has 0 spiro atoms. The Kier molecular flexibility index (Phi) is 4.48. The molecule has 0 bridgehead atoms. The quantitative estimate of drug-likeness (QED) is 0.849. The minimum Gasteiger partial charge on any atom is -0.391 e. The van der Waals surface area contributed by atoms with E-state index in [-0.39, 0.29) is 10.9 Å². The average molecular weight is 284 g/mol. The van der Waals surface area contributed by atoms with Crippen molar-refractivity contribution in [1.82, 2.24) is 5.32 Å². The van der Waals surface area contributed by atoms with Gasteiger partial charge in [-0.1, -0.05) is 60.2 Å². The normalized spacial score (nSPS) is 11.7. The van der Waals surface area contributed by atoms with Crippen LogP contribution < -0.4 is 11.1 Å². The second-order valence-corrected chi connectivity index (χ2v) is 5.06. The summed E-state index contributed by atoms with van der Waals surface area (Å²) in [4.78, 5) is 12.5. The lowest BCUT2D eigenvalue weighted by atomic mass is 10.1. The number of hydrogen-bond donors (Lipinski definition) is 2. The van der Waals surface area contributed by atoms with Crippen molar-refractivity contribution >= 4 is 23.1 Å². The molecular formula is C16H16N2OS. The molecule has 2 rings (SSSR count). The van der Waals surface area contributed by atoms with Crippen molar-refractivity contribution in [3.8, 4) is 0 Å². The summed E-state index contributed by atoms with van der Waals surface area (Å²) in [5, 5.41) is 2.87.